The molecule has 7 heteroatoms. The van der Waals surface area contributed by atoms with Gasteiger partial charge >= 0.3 is 0 Å². The Morgan fingerprint density at radius 2 is 1.96 bits per heavy atom. The minimum atomic E-state index is -2.68. The van der Waals surface area contributed by atoms with E-state index in [4.69, 9.17) is 5.11 Å². The normalized spacial score (nSPS) is 16.3. The van der Waals surface area contributed by atoms with Gasteiger partial charge in [-0.2, -0.15) is 0 Å². The predicted molar refractivity (Wildman–Crippen MR) is 94.1 cm³/mol. The Morgan fingerprint density at radius 3 is 2.64 bits per heavy atom. The lowest BCUT2D eigenvalue weighted by atomic mass is 10.0. The molecule has 5 nitrogen and oxygen atoms in total. The molecule has 136 valence electrons. The summed E-state index contributed by atoms with van der Waals surface area (Å²) in [5.74, 6) is 0.202. The Morgan fingerprint density at radius 1 is 1.24 bits per heavy atom. The Hall–Kier alpha value is -1.86. The molecule has 1 aromatic carbocycles. The molecule has 25 heavy (non-hydrogen) atoms. The zero-order valence-corrected chi connectivity index (χ0v) is 14.4. The average Bonchev–Trinajstić information content (AvgIpc) is 2.65. The van der Waals surface area contributed by atoms with Crippen molar-refractivity contribution in [3.8, 4) is 0 Å². The molecular weight excluding hydrogens is 326 g/mol. The van der Waals surface area contributed by atoms with E-state index < -0.39 is 12.2 Å². The number of fused-ring (bicyclic) bond motifs is 1. The molecule has 0 bridgehead atoms. The van der Waals surface area contributed by atoms with Crippen LogP contribution in [0.5, 0.6) is 0 Å². The summed E-state index contributed by atoms with van der Waals surface area (Å²) < 4.78 is 26.3. The molecule has 1 saturated heterocycles. The summed E-state index contributed by atoms with van der Waals surface area (Å²) in [6.45, 7) is 2.62. The van der Waals surface area contributed by atoms with E-state index in [0.29, 0.717) is 17.4 Å². The van der Waals surface area contributed by atoms with Crippen LogP contribution in [-0.2, 0) is 0 Å². The van der Waals surface area contributed by atoms with Gasteiger partial charge in [0.25, 0.3) is 6.43 Å². The molecule has 2 aromatic rings. The van der Waals surface area contributed by atoms with Gasteiger partial charge in [0.2, 0.25) is 0 Å². The Kier molecular flexibility index (Phi) is 5.75. The third-order valence-corrected chi connectivity index (χ3v) is 4.85. The Balaban J connectivity index is 1.79. The number of halogens is 2. The molecule has 1 aliphatic rings. The number of piperidine rings is 1. The van der Waals surface area contributed by atoms with Crippen molar-refractivity contribution in [1.82, 2.24) is 14.9 Å². The van der Waals surface area contributed by atoms with E-state index >= 15 is 0 Å². The number of hydrogen-bond acceptors (Lipinski definition) is 5. The number of benzene rings is 1. The van der Waals surface area contributed by atoms with E-state index in [2.05, 4.69) is 26.8 Å². The number of rotatable bonds is 6. The van der Waals surface area contributed by atoms with Crippen LogP contribution in [0.3, 0.4) is 0 Å². The zero-order valence-electron chi connectivity index (χ0n) is 14.4. The summed E-state index contributed by atoms with van der Waals surface area (Å²) in [6.07, 6.45) is -0.00923. The van der Waals surface area contributed by atoms with Gasteiger partial charge in [-0.3, -0.25) is 0 Å². The fraction of sp³-hybridized carbons (Fsp3) is 0.556. The van der Waals surface area contributed by atoms with E-state index in [1.165, 1.54) is 0 Å². The lowest BCUT2D eigenvalue weighted by molar-refractivity contribution is 0.140. The van der Waals surface area contributed by atoms with E-state index in [1.54, 1.807) is 12.1 Å². The molecule has 1 N–H and O–H groups in total. The van der Waals surface area contributed by atoms with Crippen molar-refractivity contribution in [2.45, 2.75) is 31.7 Å². The maximum atomic E-state index is 13.2. The van der Waals surface area contributed by atoms with Crippen LogP contribution in [0.25, 0.3) is 10.9 Å². The van der Waals surface area contributed by atoms with Gasteiger partial charge < -0.3 is 14.9 Å². The number of para-hydroxylation sites is 1. The van der Waals surface area contributed by atoms with Crippen molar-refractivity contribution in [3.05, 3.63) is 30.1 Å². The molecule has 3 rings (SSSR count). The predicted octanol–water partition coefficient (Wildman–Crippen LogP) is 2.85. The number of aliphatic hydroxyl groups is 1. The Bertz CT molecular complexity index is 705. The summed E-state index contributed by atoms with van der Waals surface area (Å²) in [5.41, 5.74) is 0.560. The van der Waals surface area contributed by atoms with Crippen molar-refractivity contribution in [3.63, 3.8) is 0 Å². The molecular formula is C18H24F2N4O. The average molecular weight is 350 g/mol. The molecule has 2 heterocycles. The topological polar surface area (TPSA) is 52.5 Å². The molecule has 0 saturated carbocycles. The maximum absolute atomic E-state index is 13.2. The summed E-state index contributed by atoms with van der Waals surface area (Å²) in [6, 6.07) is 7.77. The lowest BCUT2D eigenvalue weighted by Crippen LogP contribution is -2.44. The molecule has 0 amide bonds. The monoisotopic (exact) mass is 350 g/mol. The van der Waals surface area contributed by atoms with Crippen LogP contribution >= 0.6 is 0 Å². The second kappa shape index (κ2) is 8.01. The Labute approximate surface area is 146 Å². The number of anilines is 1. The summed E-state index contributed by atoms with van der Waals surface area (Å²) in [7, 11) is 2.07. The highest BCUT2D eigenvalue weighted by Gasteiger charge is 2.25. The third kappa shape index (κ3) is 4.04. The molecule has 1 aromatic heterocycles. The van der Waals surface area contributed by atoms with E-state index in [1.807, 2.05) is 12.1 Å². The smallest absolute Gasteiger partial charge is 0.297 e. The van der Waals surface area contributed by atoms with E-state index in [0.717, 1.165) is 44.3 Å². The summed E-state index contributed by atoms with van der Waals surface area (Å²) >= 11 is 0. The first-order valence-corrected chi connectivity index (χ1v) is 8.71. The lowest BCUT2D eigenvalue weighted by Gasteiger charge is -2.37. The summed E-state index contributed by atoms with van der Waals surface area (Å²) in [4.78, 5) is 12.5. The van der Waals surface area contributed by atoms with Crippen LogP contribution in [0.4, 0.5) is 14.6 Å². The molecule has 0 spiro atoms. The highest BCUT2D eigenvalue weighted by Crippen LogP contribution is 2.29. The van der Waals surface area contributed by atoms with E-state index in [-0.39, 0.29) is 6.61 Å². The quantitative estimate of drug-likeness (QED) is 0.868. The summed E-state index contributed by atoms with van der Waals surface area (Å²) in [5, 5.41) is 9.78. The second-order valence-corrected chi connectivity index (χ2v) is 6.50. The van der Waals surface area contributed by atoms with Gasteiger partial charge in [-0.1, -0.05) is 12.1 Å². The SMILES string of the molecule is CN(CCCO)C1CCN(c2nc(C(F)F)nc3ccccc23)CC1. The van der Waals surface area contributed by atoms with Gasteiger partial charge in [0.1, 0.15) is 5.82 Å². The number of nitrogens with zero attached hydrogens (tertiary/aromatic N) is 4. The van der Waals surface area contributed by atoms with Crippen molar-refractivity contribution in [2.75, 3.05) is 38.2 Å². The van der Waals surface area contributed by atoms with Crippen molar-refractivity contribution in [2.24, 2.45) is 0 Å². The van der Waals surface area contributed by atoms with Crippen LogP contribution in [0.2, 0.25) is 0 Å². The first-order chi connectivity index (χ1) is 12.1. The minimum Gasteiger partial charge on any atom is -0.396 e. The molecule has 0 unspecified atom stereocenters. The standard InChI is InChI=1S/C18H24F2N4O/c1-23(9-4-12-25)13-7-10-24(11-8-13)18-14-5-2-3-6-15(14)21-17(22-18)16(19)20/h2-3,5-6,13,16,25H,4,7-12H2,1H3. The van der Waals surface area contributed by atoms with Crippen molar-refractivity contribution in [1.29, 1.82) is 0 Å². The number of alkyl halides is 2. The fourth-order valence-corrected chi connectivity index (χ4v) is 3.44. The van der Waals surface area contributed by atoms with Crippen LogP contribution in [-0.4, -0.2) is 59.3 Å². The fourth-order valence-electron chi connectivity index (χ4n) is 3.44. The molecule has 1 fully saturated rings. The molecule has 0 radical (unpaired) electrons. The van der Waals surface area contributed by atoms with Crippen molar-refractivity contribution < 1.29 is 13.9 Å². The molecule has 0 aliphatic carbocycles. The van der Waals surface area contributed by atoms with Crippen LogP contribution in [0, 0.1) is 0 Å². The van der Waals surface area contributed by atoms with E-state index in [9.17, 15) is 8.78 Å². The van der Waals surface area contributed by atoms with Gasteiger partial charge in [-0.25, -0.2) is 18.7 Å². The third-order valence-electron chi connectivity index (χ3n) is 4.85. The number of aliphatic hydroxyl groups excluding tert-OH is 1. The van der Waals surface area contributed by atoms with Crippen molar-refractivity contribution >= 4 is 16.7 Å². The van der Waals surface area contributed by atoms with Gasteiger partial charge in [0.15, 0.2) is 5.82 Å². The number of hydrogen-bond donors (Lipinski definition) is 1. The molecule has 1 aliphatic heterocycles. The van der Waals surface area contributed by atoms with Gasteiger partial charge in [0.05, 0.1) is 5.52 Å². The van der Waals surface area contributed by atoms with Gasteiger partial charge in [-0.15, -0.1) is 0 Å². The van der Waals surface area contributed by atoms with Gasteiger partial charge in [0, 0.05) is 37.7 Å². The number of aromatic nitrogens is 2. The largest absolute Gasteiger partial charge is 0.396 e. The zero-order chi connectivity index (χ0) is 17.8. The first-order valence-electron chi connectivity index (χ1n) is 8.71. The van der Waals surface area contributed by atoms with Gasteiger partial charge in [-0.05, 0) is 38.4 Å². The second-order valence-electron chi connectivity index (χ2n) is 6.50. The maximum Gasteiger partial charge on any atom is 0.297 e. The van der Waals surface area contributed by atoms with Crippen LogP contribution in [0.1, 0.15) is 31.5 Å². The van der Waals surface area contributed by atoms with Crippen LogP contribution < -0.4 is 4.90 Å². The first kappa shape index (κ1) is 17.9. The van der Waals surface area contributed by atoms with Crippen LogP contribution in [0.15, 0.2) is 24.3 Å². The highest BCUT2D eigenvalue weighted by atomic mass is 19.3. The highest BCUT2D eigenvalue weighted by molar-refractivity contribution is 5.89. The minimum absolute atomic E-state index is 0.201. The molecule has 0 atom stereocenters.